The highest BCUT2D eigenvalue weighted by atomic mass is 32.2. The standard InChI is InChI=1S/C16H17F2N5O2S/c17-11-4-1-9(7-12(11)18)20-15(25)8-26-16-22-21-14(6-5-13(19)24)23(16)10-2-3-10/h1,4,7,10H,2-3,5-6,8H2,(H2,19,24)(H,20,25). The molecule has 0 saturated heterocycles. The molecule has 1 saturated carbocycles. The molecule has 10 heteroatoms. The molecule has 3 N–H and O–H groups in total. The van der Waals surface area contributed by atoms with E-state index in [1.807, 2.05) is 4.57 Å². The number of thioether (sulfide) groups is 1. The number of aryl methyl sites for hydroxylation is 1. The average molecular weight is 381 g/mol. The smallest absolute Gasteiger partial charge is 0.234 e. The highest BCUT2D eigenvalue weighted by Crippen LogP contribution is 2.39. The number of hydrogen-bond acceptors (Lipinski definition) is 5. The summed E-state index contributed by atoms with van der Waals surface area (Å²) in [6, 6.07) is 3.44. The second kappa shape index (κ2) is 7.81. The van der Waals surface area contributed by atoms with E-state index in [0.717, 1.165) is 25.0 Å². The number of nitrogens with two attached hydrogens (primary N) is 1. The number of nitrogens with one attached hydrogen (secondary N) is 1. The Morgan fingerprint density at radius 3 is 2.69 bits per heavy atom. The number of carbonyl (C=O) groups is 2. The summed E-state index contributed by atoms with van der Waals surface area (Å²) in [5, 5.41) is 11.3. The van der Waals surface area contributed by atoms with Gasteiger partial charge in [0.05, 0.1) is 5.75 Å². The maximum Gasteiger partial charge on any atom is 0.234 e. The van der Waals surface area contributed by atoms with Crippen LogP contribution in [0, 0.1) is 11.6 Å². The zero-order chi connectivity index (χ0) is 18.7. The molecule has 26 heavy (non-hydrogen) atoms. The first-order chi connectivity index (χ1) is 12.4. The van der Waals surface area contributed by atoms with Gasteiger partial charge in [0.15, 0.2) is 16.8 Å². The van der Waals surface area contributed by atoms with Crippen LogP contribution in [0.5, 0.6) is 0 Å². The van der Waals surface area contributed by atoms with Crippen LogP contribution in [0.1, 0.15) is 31.1 Å². The number of aromatic nitrogens is 3. The Balaban J connectivity index is 1.61. The third kappa shape index (κ3) is 4.57. The quantitative estimate of drug-likeness (QED) is 0.681. The summed E-state index contributed by atoms with van der Waals surface area (Å²) in [6.07, 6.45) is 2.58. The molecule has 7 nitrogen and oxygen atoms in total. The van der Waals surface area contributed by atoms with Crippen molar-refractivity contribution in [3.63, 3.8) is 0 Å². The summed E-state index contributed by atoms with van der Waals surface area (Å²) in [5.41, 5.74) is 5.36. The number of anilines is 1. The zero-order valence-electron chi connectivity index (χ0n) is 13.7. The van der Waals surface area contributed by atoms with Crippen molar-refractivity contribution >= 4 is 29.3 Å². The van der Waals surface area contributed by atoms with E-state index in [1.165, 1.54) is 17.8 Å². The number of benzene rings is 1. The SMILES string of the molecule is NC(=O)CCc1nnc(SCC(=O)Nc2ccc(F)c(F)c2)n1C1CC1. The molecule has 1 heterocycles. The van der Waals surface area contributed by atoms with Gasteiger partial charge in [-0.3, -0.25) is 9.59 Å². The average Bonchev–Trinajstić information content (AvgIpc) is 3.34. The van der Waals surface area contributed by atoms with Gasteiger partial charge < -0.3 is 15.6 Å². The minimum Gasteiger partial charge on any atom is -0.370 e. The van der Waals surface area contributed by atoms with Gasteiger partial charge >= 0.3 is 0 Å². The molecule has 0 spiro atoms. The molecule has 0 bridgehead atoms. The van der Waals surface area contributed by atoms with Gasteiger partial charge in [0.1, 0.15) is 5.82 Å². The maximum atomic E-state index is 13.2. The molecular weight excluding hydrogens is 364 g/mol. The van der Waals surface area contributed by atoms with Crippen molar-refractivity contribution < 1.29 is 18.4 Å². The topological polar surface area (TPSA) is 103 Å². The van der Waals surface area contributed by atoms with E-state index in [1.54, 1.807) is 0 Å². The van der Waals surface area contributed by atoms with Gasteiger partial charge in [-0.25, -0.2) is 8.78 Å². The molecule has 1 fully saturated rings. The number of primary amides is 1. The molecule has 1 aromatic heterocycles. The van der Waals surface area contributed by atoms with E-state index in [9.17, 15) is 18.4 Å². The van der Waals surface area contributed by atoms with Gasteiger partial charge in [-0.05, 0) is 25.0 Å². The Morgan fingerprint density at radius 1 is 1.27 bits per heavy atom. The van der Waals surface area contributed by atoms with Crippen LogP contribution in [0.4, 0.5) is 14.5 Å². The molecular formula is C16H17F2N5O2S. The van der Waals surface area contributed by atoms with Crippen LogP contribution >= 0.6 is 11.8 Å². The molecule has 1 aromatic carbocycles. The van der Waals surface area contributed by atoms with Crippen molar-refractivity contribution in [2.75, 3.05) is 11.1 Å². The molecule has 2 amide bonds. The molecule has 1 aliphatic carbocycles. The Labute approximate surface area is 152 Å². The summed E-state index contributed by atoms with van der Waals surface area (Å²) in [4.78, 5) is 23.0. The van der Waals surface area contributed by atoms with Crippen molar-refractivity contribution in [2.24, 2.45) is 5.73 Å². The van der Waals surface area contributed by atoms with Gasteiger partial charge in [-0.1, -0.05) is 11.8 Å². The fourth-order valence-electron chi connectivity index (χ4n) is 2.41. The van der Waals surface area contributed by atoms with Crippen LogP contribution in [0.3, 0.4) is 0 Å². The minimum atomic E-state index is -1.02. The van der Waals surface area contributed by atoms with Crippen LogP contribution in [0.25, 0.3) is 0 Å². The van der Waals surface area contributed by atoms with Crippen molar-refractivity contribution in [3.05, 3.63) is 35.7 Å². The number of carbonyl (C=O) groups excluding carboxylic acids is 2. The van der Waals surface area contributed by atoms with Gasteiger partial charge in [-0.15, -0.1) is 10.2 Å². The highest BCUT2D eigenvalue weighted by Gasteiger charge is 2.29. The zero-order valence-corrected chi connectivity index (χ0v) is 14.6. The monoisotopic (exact) mass is 381 g/mol. The van der Waals surface area contributed by atoms with Crippen molar-refractivity contribution in [2.45, 2.75) is 36.9 Å². The summed E-state index contributed by atoms with van der Waals surface area (Å²) in [7, 11) is 0. The lowest BCUT2D eigenvalue weighted by atomic mass is 10.3. The van der Waals surface area contributed by atoms with Gasteiger partial charge in [0.25, 0.3) is 0 Å². The van der Waals surface area contributed by atoms with E-state index in [2.05, 4.69) is 15.5 Å². The molecule has 1 aliphatic rings. The number of rotatable bonds is 8. The molecule has 0 radical (unpaired) electrons. The van der Waals surface area contributed by atoms with Crippen molar-refractivity contribution in [3.8, 4) is 0 Å². The Morgan fingerprint density at radius 2 is 2.04 bits per heavy atom. The summed E-state index contributed by atoms with van der Waals surface area (Å²) < 4.78 is 28.0. The third-order valence-corrected chi connectivity index (χ3v) is 4.72. The first-order valence-corrected chi connectivity index (χ1v) is 9.02. The lowest BCUT2D eigenvalue weighted by Gasteiger charge is -2.08. The van der Waals surface area contributed by atoms with Gasteiger partial charge in [-0.2, -0.15) is 0 Å². The molecule has 2 aromatic rings. The Bertz CT molecular complexity index is 838. The number of nitrogens with zero attached hydrogens (tertiary/aromatic N) is 3. The van der Waals surface area contributed by atoms with Gasteiger partial charge in [0.2, 0.25) is 11.8 Å². The first kappa shape index (κ1) is 18.3. The summed E-state index contributed by atoms with van der Waals surface area (Å²) >= 11 is 1.20. The second-order valence-electron chi connectivity index (χ2n) is 5.93. The predicted octanol–water partition coefficient (Wildman–Crippen LogP) is 2.04. The number of amides is 2. The normalized spacial score (nSPS) is 13.6. The van der Waals surface area contributed by atoms with Gasteiger partial charge in [0, 0.05) is 30.6 Å². The Hall–Kier alpha value is -2.49. The van der Waals surface area contributed by atoms with E-state index < -0.39 is 17.5 Å². The molecule has 138 valence electrons. The minimum absolute atomic E-state index is 0.0413. The third-order valence-electron chi connectivity index (χ3n) is 3.78. The fourth-order valence-corrected chi connectivity index (χ4v) is 3.24. The van der Waals surface area contributed by atoms with Crippen molar-refractivity contribution in [1.82, 2.24) is 14.8 Å². The number of halogens is 2. The van der Waals surface area contributed by atoms with Crippen LogP contribution in [0.2, 0.25) is 0 Å². The van der Waals surface area contributed by atoms with Crippen LogP contribution in [-0.2, 0) is 16.0 Å². The fraction of sp³-hybridized carbons (Fsp3) is 0.375. The molecule has 0 atom stereocenters. The molecule has 0 unspecified atom stereocenters. The van der Waals surface area contributed by atoms with Crippen molar-refractivity contribution in [1.29, 1.82) is 0 Å². The van der Waals surface area contributed by atoms with Crippen LogP contribution in [-0.4, -0.2) is 32.3 Å². The summed E-state index contributed by atoms with van der Waals surface area (Å²) in [5.74, 6) is -2.06. The van der Waals surface area contributed by atoms with E-state index in [-0.39, 0.29) is 29.8 Å². The van der Waals surface area contributed by atoms with Crippen LogP contribution < -0.4 is 11.1 Å². The largest absolute Gasteiger partial charge is 0.370 e. The van der Waals surface area contributed by atoms with E-state index in [4.69, 9.17) is 5.73 Å². The lowest BCUT2D eigenvalue weighted by Crippen LogP contribution is -2.15. The first-order valence-electron chi connectivity index (χ1n) is 8.04. The maximum absolute atomic E-state index is 13.2. The number of hydrogen-bond donors (Lipinski definition) is 2. The summed E-state index contributed by atoms with van der Waals surface area (Å²) in [6.45, 7) is 0. The second-order valence-corrected chi connectivity index (χ2v) is 6.87. The van der Waals surface area contributed by atoms with Crippen LogP contribution in [0.15, 0.2) is 23.4 Å². The van der Waals surface area contributed by atoms with E-state index >= 15 is 0 Å². The molecule has 0 aliphatic heterocycles. The predicted molar refractivity (Wildman–Crippen MR) is 91.5 cm³/mol. The Kier molecular flexibility index (Phi) is 5.50. The lowest BCUT2D eigenvalue weighted by molar-refractivity contribution is -0.118. The molecule has 3 rings (SSSR count). The highest BCUT2D eigenvalue weighted by molar-refractivity contribution is 7.99. The van der Waals surface area contributed by atoms with E-state index in [0.29, 0.717) is 17.4 Å².